The summed E-state index contributed by atoms with van der Waals surface area (Å²) in [5, 5.41) is 1.07. The van der Waals surface area contributed by atoms with Crippen LogP contribution in [-0.4, -0.2) is 4.98 Å². The van der Waals surface area contributed by atoms with Crippen LogP contribution in [-0.2, 0) is 32.7 Å². The number of hydrogen-bond acceptors (Lipinski definition) is 1. The van der Waals surface area contributed by atoms with Crippen LogP contribution in [0.2, 0.25) is 0 Å². The number of nitrogens with zero attached hydrogens (tertiary/aromatic N) is 1. The predicted octanol–water partition coefficient (Wildman–Crippen LogP) is 2.03. The Kier molecular flexibility index (Phi) is 3.16. The van der Waals surface area contributed by atoms with Gasteiger partial charge in [0, 0.05) is 0 Å². The molecule has 0 radical (unpaired) electrons. The van der Waals surface area contributed by atoms with Crippen LogP contribution < -0.4 is 0 Å². The largest absolute Gasteiger partial charge is 3.00 e. The second-order valence-corrected chi connectivity index (χ2v) is 2.11. The molecule has 1 heterocycles. The van der Waals surface area contributed by atoms with Crippen LogP contribution in [0.15, 0.2) is 36.5 Å². The van der Waals surface area contributed by atoms with Gasteiger partial charge in [0.15, 0.2) is 0 Å². The van der Waals surface area contributed by atoms with E-state index >= 15 is 0 Å². The first kappa shape index (κ1) is 8.83. The van der Waals surface area contributed by atoms with E-state index in [0.29, 0.717) is 0 Å². The molecule has 11 heavy (non-hydrogen) atoms. The Bertz CT molecular complexity index is 281. The second kappa shape index (κ2) is 3.94. The number of rotatable bonds is 0. The van der Waals surface area contributed by atoms with Crippen molar-refractivity contribution in [3.05, 3.63) is 42.6 Å². The van der Waals surface area contributed by atoms with Gasteiger partial charge in [0.05, 0.1) is 0 Å². The van der Waals surface area contributed by atoms with Crippen LogP contribution in [0.25, 0.3) is 10.9 Å². The fraction of sp³-hybridized carbons (Fsp3) is 0. The third-order valence-electron chi connectivity index (χ3n) is 1.43. The Morgan fingerprint density at radius 3 is 2.82 bits per heavy atom. The van der Waals surface area contributed by atoms with Gasteiger partial charge in [-0.15, -0.1) is 29.7 Å². The maximum atomic E-state index is 4.15. The van der Waals surface area contributed by atoms with Gasteiger partial charge in [-0.1, -0.05) is 18.3 Å². The Morgan fingerprint density at radius 2 is 2.00 bits per heavy atom. The first-order valence-corrected chi connectivity index (χ1v) is 3.18. The zero-order valence-electron chi connectivity index (χ0n) is 5.99. The van der Waals surface area contributed by atoms with Gasteiger partial charge in [-0.05, 0) is 5.52 Å². The minimum Gasteiger partial charge on any atom is -0.352 e. The van der Waals surface area contributed by atoms with Crippen molar-refractivity contribution in [3.8, 4) is 0 Å². The van der Waals surface area contributed by atoms with Gasteiger partial charge >= 0.3 is 32.7 Å². The molecular formula is C9H6NY+2. The minimum absolute atomic E-state index is 0. The molecule has 0 spiro atoms. The fourth-order valence-corrected chi connectivity index (χ4v) is 0.953. The van der Waals surface area contributed by atoms with E-state index in [4.69, 9.17) is 0 Å². The summed E-state index contributed by atoms with van der Waals surface area (Å²) in [6.07, 6.45) is 1.75. The van der Waals surface area contributed by atoms with Crippen molar-refractivity contribution >= 4 is 10.9 Å². The van der Waals surface area contributed by atoms with Gasteiger partial charge in [0.25, 0.3) is 0 Å². The van der Waals surface area contributed by atoms with Gasteiger partial charge in [-0.25, -0.2) is 0 Å². The van der Waals surface area contributed by atoms with E-state index in [0.717, 1.165) is 10.9 Å². The van der Waals surface area contributed by atoms with Gasteiger partial charge in [0.1, 0.15) is 0 Å². The number of fused-ring (bicyclic) bond motifs is 1. The standard InChI is InChI=1S/C9H6N.Y/c1-2-6-9-8(4-1)5-3-7-10-9;/h1-4,6-7H;/q-1;+3. The second-order valence-electron chi connectivity index (χ2n) is 2.11. The van der Waals surface area contributed by atoms with Crippen molar-refractivity contribution in [3.63, 3.8) is 0 Å². The molecule has 2 rings (SSSR count). The molecule has 0 bridgehead atoms. The van der Waals surface area contributed by atoms with Gasteiger partial charge in [-0.3, -0.25) is 0 Å². The van der Waals surface area contributed by atoms with Crippen molar-refractivity contribution in [2.75, 3.05) is 0 Å². The molecule has 0 amide bonds. The minimum atomic E-state index is 0. The quantitative estimate of drug-likeness (QED) is 0.615. The molecule has 0 fully saturated rings. The van der Waals surface area contributed by atoms with E-state index < -0.39 is 0 Å². The number of hydrogen-bond donors (Lipinski definition) is 0. The molecule has 0 unspecified atom stereocenters. The molecule has 0 aliphatic rings. The van der Waals surface area contributed by atoms with Crippen molar-refractivity contribution in [2.24, 2.45) is 0 Å². The van der Waals surface area contributed by atoms with Crippen LogP contribution in [0.4, 0.5) is 0 Å². The van der Waals surface area contributed by atoms with Crippen molar-refractivity contribution < 1.29 is 32.7 Å². The summed E-state index contributed by atoms with van der Waals surface area (Å²) >= 11 is 0. The molecule has 0 atom stereocenters. The number of para-hydroxylation sites is 1. The van der Waals surface area contributed by atoms with Gasteiger partial charge in [-0.2, -0.15) is 0 Å². The zero-order valence-corrected chi connectivity index (χ0v) is 8.83. The third-order valence-corrected chi connectivity index (χ3v) is 1.43. The zero-order chi connectivity index (χ0) is 6.81. The average molecular weight is 217 g/mol. The van der Waals surface area contributed by atoms with Crippen molar-refractivity contribution in [1.82, 2.24) is 4.98 Å². The molecule has 0 saturated carbocycles. The molecule has 0 aliphatic heterocycles. The summed E-state index contributed by atoms with van der Waals surface area (Å²) in [6.45, 7) is 0. The van der Waals surface area contributed by atoms with Crippen molar-refractivity contribution in [2.45, 2.75) is 0 Å². The van der Waals surface area contributed by atoms with Gasteiger partial charge < -0.3 is 4.98 Å². The number of benzene rings is 1. The van der Waals surface area contributed by atoms with Crippen LogP contribution >= 0.6 is 0 Å². The maximum Gasteiger partial charge on any atom is 3.00 e. The first-order valence-electron chi connectivity index (χ1n) is 3.18. The van der Waals surface area contributed by atoms with Crippen LogP contribution in [0.1, 0.15) is 0 Å². The summed E-state index contributed by atoms with van der Waals surface area (Å²) < 4.78 is 0. The molecule has 0 N–H and O–H groups in total. The normalized spacial score (nSPS) is 9.09. The summed E-state index contributed by atoms with van der Waals surface area (Å²) in [6, 6.07) is 12.9. The van der Waals surface area contributed by atoms with E-state index in [2.05, 4.69) is 11.1 Å². The molecule has 0 aliphatic carbocycles. The summed E-state index contributed by atoms with van der Waals surface area (Å²) in [4.78, 5) is 4.15. The van der Waals surface area contributed by atoms with E-state index in [1.165, 1.54) is 0 Å². The Labute approximate surface area is 90.7 Å². The topological polar surface area (TPSA) is 12.9 Å². The SMILES string of the molecule is [Y+3].[c-]1ccnc2ccccc12. The van der Waals surface area contributed by atoms with Crippen LogP contribution in [0, 0.1) is 6.07 Å². The molecule has 48 valence electrons. The Balaban J connectivity index is 0.000000605. The first-order chi connectivity index (χ1) is 4.97. The molecule has 2 heteroatoms. The van der Waals surface area contributed by atoms with E-state index in [9.17, 15) is 0 Å². The maximum absolute atomic E-state index is 4.15. The molecule has 0 saturated heterocycles. The van der Waals surface area contributed by atoms with Gasteiger partial charge in [0.2, 0.25) is 0 Å². The molecular weight excluding hydrogens is 211 g/mol. The van der Waals surface area contributed by atoms with Crippen molar-refractivity contribution in [1.29, 1.82) is 0 Å². The Hall–Kier alpha value is -0.266. The molecule has 1 aromatic carbocycles. The fourth-order valence-electron chi connectivity index (χ4n) is 0.953. The smallest absolute Gasteiger partial charge is 0.352 e. The van der Waals surface area contributed by atoms with E-state index in [1.807, 2.05) is 30.3 Å². The number of aromatic nitrogens is 1. The number of pyridine rings is 1. The predicted molar refractivity (Wildman–Crippen MR) is 40.6 cm³/mol. The molecule has 1 nitrogen and oxygen atoms in total. The van der Waals surface area contributed by atoms with E-state index in [-0.39, 0.29) is 32.7 Å². The third kappa shape index (κ3) is 1.85. The summed E-state index contributed by atoms with van der Waals surface area (Å²) in [5.41, 5.74) is 1.00. The van der Waals surface area contributed by atoms with Crippen LogP contribution in [0.5, 0.6) is 0 Å². The summed E-state index contributed by atoms with van der Waals surface area (Å²) in [7, 11) is 0. The average Bonchev–Trinajstić information content (AvgIpc) is 2.05. The summed E-state index contributed by atoms with van der Waals surface area (Å²) in [5.74, 6) is 0. The monoisotopic (exact) mass is 217 g/mol. The molecule has 1 aromatic heterocycles. The Morgan fingerprint density at radius 1 is 1.18 bits per heavy atom. The van der Waals surface area contributed by atoms with E-state index in [1.54, 1.807) is 6.20 Å². The van der Waals surface area contributed by atoms with Crippen LogP contribution in [0.3, 0.4) is 0 Å². The molecule has 2 aromatic rings.